The second-order valence-electron chi connectivity index (χ2n) is 15.1. The maximum absolute atomic E-state index is 14.6. The Morgan fingerprint density at radius 3 is 2.75 bits per heavy atom. The third-order valence-electron chi connectivity index (χ3n) is 10.1. The van der Waals surface area contributed by atoms with Gasteiger partial charge in [0.25, 0.3) is 0 Å². The van der Waals surface area contributed by atoms with Crippen molar-refractivity contribution in [1.29, 1.82) is 5.26 Å². The quantitative estimate of drug-likeness (QED) is 0.156. The molecular weight excluding hydrogens is 692 g/mol. The van der Waals surface area contributed by atoms with Crippen molar-refractivity contribution < 1.29 is 27.4 Å². The van der Waals surface area contributed by atoms with Crippen LogP contribution in [0.25, 0.3) is 17.0 Å². The number of nitrogens with one attached hydrogen (secondary N) is 1. The lowest BCUT2D eigenvalue weighted by atomic mass is 9.99. The number of hydrogen-bond donors (Lipinski definition) is 1. The normalized spacial score (nSPS) is 20.1. The van der Waals surface area contributed by atoms with Gasteiger partial charge in [0.15, 0.2) is 0 Å². The molecule has 16 heteroatoms. The number of likely N-dealkylation sites (N-methyl/N-ethyl adjacent to an activating group) is 1. The minimum atomic E-state index is -4.60. The minimum absolute atomic E-state index is 0.0514. The highest BCUT2D eigenvalue weighted by Gasteiger charge is 2.38. The summed E-state index contributed by atoms with van der Waals surface area (Å²) in [4.78, 5) is 28.3. The van der Waals surface area contributed by atoms with Gasteiger partial charge in [-0.3, -0.25) is 4.79 Å². The average molecular weight is 740 g/mol. The molecule has 6 rings (SSSR count). The molecule has 0 bridgehead atoms. The minimum Gasteiger partial charge on any atom is -0.462 e. The molecule has 2 saturated heterocycles. The fourth-order valence-corrected chi connectivity index (χ4v) is 7.82. The van der Waals surface area contributed by atoms with Crippen LogP contribution in [0.4, 0.5) is 18.9 Å². The van der Waals surface area contributed by atoms with Gasteiger partial charge in [0, 0.05) is 70.0 Å². The summed E-state index contributed by atoms with van der Waals surface area (Å²) in [6, 6.07) is 5.94. The lowest BCUT2D eigenvalue weighted by molar-refractivity contribution is -0.137. The Balaban J connectivity index is 1.30. The zero-order valence-electron chi connectivity index (χ0n) is 30.4. The molecule has 3 aliphatic rings. The Morgan fingerprint density at radius 2 is 2.02 bits per heavy atom. The van der Waals surface area contributed by atoms with E-state index in [1.807, 2.05) is 7.05 Å². The number of anilines is 1. The molecule has 12 nitrogen and oxygen atoms in total. The molecule has 2 aromatic heterocycles. The second-order valence-corrected chi connectivity index (χ2v) is 20.7. The maximum Gasteiger partial charge on any atom is 0.418 e. The van der Waals surface area contributed by atoms with Crippen LogP contribution in [0.1, 0.15) is 41.8 Å². The average Bonchev–Trinajstić information content (AvgIpc) is 3.72. The molecule has 0 saturated carbocycles. The Kier molecular flexibility index (Phi) is 11.5. The number of halogens is 3. The number of likely N-dealkylation sites (tertiary alicyclic amines) is 1. The third kappa shape index (κ3) is 8.94. The predicted molar refractivity (Wildman–Crippen MR) is 194 cm³/mol. The summed E-state index contributed by atoms with van der Waals surface area (Å²) in [7, 11) is 0.733. The predicted octanol–water partition coefficient (Wildman–Crippen LogP) is 4.92. The Morgan fingerprint density at radius 1 is 1.19 bits per heavy atom. The van der Waals surface area contributed by atoms with Crippen LogP contribution < -0.4 is 15.0 Å². The van der Waals surface area contributed by atoms with Gasteiger partial charge in [-0.05, 0) is 57.1 Å². The molecular formula is C36H48F3N9O3Si. The van der Waals surface area contributed by atoms with E-state index in [1.54, 1.807) is 20.6 Å². The summed E-state index contributed by atoms with van der Waals surface area (Å²) in [5.41, 5.74) is 1.69. The molecule has 1 N–H and O–H groups in total. The molecule has 0 spiro atoms. The van der Waals surface area contributed by atoms with Crippen molar-refractivity contribution in [3.8, 4) is 12.1 Å². The van der Waals surface area contributed by atoms with Gasteiger partial charge >= 0.3 is 12.2 Å². The smallest absolute Gasteiger partial charge is 0.418 e. The SMILES string of the molecule is CN1CCC[C@@H]1COc1nc(C=CC(=O)N2CCNC(CC#N)C2)c2c(n1)CN(c1c(C(F)(F)F)ccc3c1cnn3COCC[Si](C)(C)C)CC2. The number of nitrogens with zero attached hydrogens (tertiary/aromatic N) is 8. The van der Waals surface area contributed by atoms with Gasteiger partial charge in [-0.15, -0.1) is 0 Å². The number of benzene rings is 1. The van der Waals surface area contributed by atoms with Gasteiger partial charge in [-0.1, -0.05) is 19.6 Å². The molecule has 1 unspecified atom stereocenters. The van der Waals surface area contributed by atoms with Crippen molar-refractivity contribution in [1.82, 2.24) is 34.9 Å². The first-order valence-electron chi connectivity index (χ1n) is 18.0. The summed E-state index contributed by atoms with van der Waals surface area (Å²) in [5.74, 6) is -0.202. The van der Waals surface area contributed by atoms with E-state index >= 15 is 0 Å². The van der Waals surface area contributed by atoms with Crippen molar-refractivity contribution in [3.63, 3.8) is 0 Å². The largest absolute Gasteiger partial charge is 0.462 e. The van der Waals surface area contributed by atoms with Gasteiger partial charge in [0.1, 0.15) is 13.3 Å². The first kappa shape index (κ1) is 37.7. The Hall–Kier alpha value is -4.04. The fraction of sp³-hybridized carbons (Fsp3) is 0.583. The van der Waals surface area contributed by atoms with Crippen molar-refractivity contribution in [2.24, 2.45) is 0 Å². The summed E-state index contributed by atoms with van der Waals surface area (Å²) in [6.45, 7) is 10.7. The van der Waals surface area contributed by atoms with E-state index in [2.05, 4.69) is 41.0 Å². The monoisotopic (exact) mass is 739 g/mol. The number of carbonyl (C=O) groups excluding carboxylic acids is 1. The lowest BCUT2D eigenvalue weighted by Crippen LogP contribution is -2.52. The highest BCUT2D eigenvalue weighted by molar-refractivity contribution is 6.76. The van der Waals surface area contributed by atoms with Crippen LogP contribution in [-0.2, 0) is 35.4 Å². The van der Waals surface area contributed by atoms with Gasteiger partial charge in [-0.25, -0.2) is 4.68 Å². The molecule has 1 aromatic carbocycles. The molecule has 280 valence electrons. The van der Waals surface area contributed by atoms with Crippen LogP contribution in [0, 0.1) is 11.3 Å². The van der Waals surface area contributed by atoms with Crippen LogP contribution in [0.5, 0.6) is 6.01 Å². The first-order chi connectivity index (χ1) is 24.8. The Labute approximate surface area is 303 Å². The number of amides is 1. The third-order valence-corrected chi connectivity index (χ3v) is 11.8. The summed E-state index contributed by atoms with van der Waals surface area (Å²) < 4.78 is 57.5. The van der Waals surface area contributed by atoms with Gasteiger partial charge in [0.05, 0.1) is 53.4 Å². The number of alkyl halides is 3. The summed E-state index contributed by atoms with van der Waals surface area (Å²) in [6.07, 6.45) is 2.72. The highest BCUT2D eigenvalue weighted by atomic mass is 28.3. The fourth-order valence-electron chi connectivity index (χ4n) is 7.06. The van der Waals surface area contributed by atoms with E-state index in [4.69, 9.17) is 24.7 Å². The van der Waals surface area contributed by atoms with Crippen LogP contribution in [0.3, 0.4) is 0 Å². The molecule has 0 aliphatic carbocycles. The molecule has 0 radical (unpaired) electrons. The zero-order chi connectivity index (χ0) is 37.0. The molecule has 3 aromatic rings. The number of nitriles is 1. The first-order valence-corrected chi connectivity index (χ1v) is 21.7. The van der Waals surface area contributed by atoms with Gasteiger partial charge in [-0.2, -0.15) is 33.5 Å². The van der Waals surface area contributed by atoms with Crippen LogP contribution >= 0.6 is 0 Å². The summed E-state index contributed by atoms with van der Waals surface area (Å²) >= 11 is 0. The number of rotatable bonds is 12. The molecule has 5 heterocycles. The number of aromatic nitrogens is 4. The van der Waals surface area contributed by atoms with E-state index in [1.165, 1.54) is 18.3 Å². The molecule has 1 amide bonds. The number of carbonyl (C=O) groups is 1. The van der Waals surface area contributed by atoms with Crippen molar-refractivity contribution in [2.45, 2.75) is 82.9 Å². The number of hydrogen-bond acceptors (Lipinski definition) is 10. The topological polar surface area (TPSA) is 125 Å². The van der Waals surface area contributed by atoms with Crippen molar-refractivity contribution in [3.05, 3.63) is 46.9 Å². The second kappa shape index (κ2) is 15.9. The van der Waals surface area contributed by atoms with E-state index in [0.717, 1.165) is 37.1 Å². The summed E-state index contributed by atoms with van der Waals surface area (Å²) in [5, 5.41) is 17.2. The number of ether oxygens (including phenoxy) is 2. The zero-order valence-corrected chi connectivity index (χ0v) is 31.4. The van der Waals surface area contributed by atoms with Crippen LogP contribution in [0.15, 0.2) is 24.4 Å². The van der Waals surface area contributed by atoms with E-state index < -0.39 is 19.8 Å². The van der Waals surface area contributed by atoms with E-state index in [0.29, 0.717) is 68.0 Å². The lowest BCUT2D eigenvalue weighted by Gasteiger charge is -2.33. The van der Waals surface area contributed by atoms with Crippen LogP contribution in [0.2, 0.25) is 25.7 Å². The molecule has 3 aliphatic heterocycles. The van der Waals surface area contributed by atoms with Gasteiger partial charge < -0.3 is 29.5 Å². The number of piperazine rings is 1. The van der Waals surface area contributed by atoms with Crippen molar-refractivity contribution in [2.75, 3.05) is 57.9 Å². The molecule has 2 fully saturated rings. The van der Waals surface area contributed by atoms with Gasteiger partial charge in [0.2, 0.25) is 5.91 Å². The highest BCUT2D eigenvalue weighted by Crippen LogP contribution is 2.42. The molecule has 52 heavy (non-hydrogen) atoms. The maximum atomic E-state index is 14.6. The van der Waals surface area contributed by atoms with E-state index in [-0.39, 0.29) is 49.5 Å². The van der Waals surface area contributed by atoms with E-state index in [9.17, 15) is 18.0 Å². The Bertz CT molecular complexity index is 1820. The van der Waals surface area contributed by atoms with Crippen molar-refractivity contribution >= 4 is 36.6 Å². The standard InChI is InChI=1S/C36H48F3N9O3Si/c1-45-15-5-6-26(45)23-51-35-43-30(8-10-33(49)46-17-14-41-25(21-46)11-13-40)27-12-16-47(22-31(27)44-35)34-28-20-42-48(24-50-18-19-52(2,3)4)32(28)9-7-29(34)36(37,38)39/h7-10,20,25-26,41H,5-6,11-12,14-19,21-24H2,1-4H3/t25?,26-/m1/s1. The van der Waals surface area contributed by atoms with Crippen LogP contribution in [-0.4, -0.2) is 109 Å². The molecule has 2 atom stereocenters. The number of fused-ring (bicyclic) bond motifs is 2.